The molecule has 0 aromatic carbocycles. The number of rotatable bonds is 14. The Morgan fingerprint density at radius 3 is 1.32 bits per heavy atom. The third kappa shape index (κ3) is 21.6. The summed E-state index contributed by atoms with van der Waals surface area (Å²) in [4.78, 5) is 10.2. The smallest absolute Gasteiger partial charge is 0.550 e. The van der Waals surface area contributed by atoms with E-state index in [4.69, 9.17) is 0 Å². The summed E-state index contributed by atoms with van der Waals surface area (Å²) in [5.74, 6) is -0.905. The second-order valence-electron chi connectivity index (χ2n) is 5.36. The molecule has 0 unspecified atom stereocenters. The summed E-state index contributed by atoms with van der Waals surface area (Å²) in [5.41, 5.74) is 0. The fourth-order valence-corrected chi connectivity index (χ4v) is 2.29. The summed E-state index contributed by atoms with van der Waals surface area (Å²) in [6, 6.07) is 0. The van der Waals surface area contributed by atoms with Gasteiger partial charge in [0.1, 0.15) is 0 Å². The Balaban J connectivity index is 0. The van der Waals surface area contributed by atoms with Crippen molar-refractivity contribution in [2.75, 3.05) is 0 Å². The van der Waals surface area contributed by atoms with E-state index in [1.165, 1.54) is 70.6 Å². The quantitative estimate of drug-likeness (QED) is 0.275. The molecule has 0 bridgehead atoms. The van der Waals surface area contributed by atoms with Crippen LogP contribution < -0.4 is 56.5 Å². The second kappa shape index (κ2) is 19.1. The zero-order valence-electron chi connectivity index (χ0n) is 13.2. The minimum absolute atomic E-state index is 0. The first kappa shape index (κ1) is 22.4. The maximum Gasteiger partial charge on any atom is 1.00 e. The van der Waals surface area contributed by atoms with Gasteiger partial charge in [-0.2, -0.15) is 0 Å². The minimum Gasteiger partial charge on any atom is -0.550 e. The predicted molar refractivity (Wildman–Crippen MR) is 75.3 cm³/mol. The van der Waals surface area contributed by atoms with Crippen molar-refractivity contribution in [3.8, 4) is 0 Å². The van der Waals surface area contributed by atoms with Crippen LogP contribution >= 0.6 is 0 Å². The average molecular weight is 299 g/mol. The molecule has 0 saturated heterocycles. The molecule has 0 radical (unpaired) electrons. The molecule has 0 atom stereocenters. The van der Waals surface area contributed by atoms with Gasteiger partial charge in [-0.1, -0.05) is 84.0 Å². The van der Waals surface area contributed by atoms with Gasteiger partial charge in [-0.15, -0.1) is 0 Å². The summed E-state index contributed by atoms with van der Waals surface area (Å²) in [6.45, 7) is 2.26. The Bertz CT molecular complexity index is 184. The average Bonchev–Trinajstić information content (AvgIpc) is 2.34. The van der Waals surface area contributed by atoms with E-state index >= 15 is 0 Å². The largest absolute Gasteiger partial charge is 1.00 e. The van der Waals surface area contributed by atoms with Gasteiger partial charge in [0, 0.05) is 5.97 Å². The SMILES string of the molecule is CCCCCCC[13CH2]C[13CH2]C[13CH2]C[13CH2]C[13C](=O)[O-].[K+]. The summed E-state index contributed by atoms with van der Waals surface area (Å²) in [7, 11) is 0. The number of aliphatic carboxylic acids is 1. The molecule has 3 heteroatoms. The number of carboxylic acids is 1. The summed E-state index contributed by atoms with van der Waals surface area (Å²) in [6.07, 6.45) is 16.9. The molecule has 0 N–H and O–H groups in total. The number of hydrogen-bond donors (Lipinski definition) is 0. The molecular formula is C16H31KO2. The topological polar surface area (TPSA) is 40.1 Å². The third-order valence-corrected chi connectivity index (χ3v) is 3.48. The van der Waals surface area contributed by atoms with Gasteiger partial charge < -0.3 is 9.90 Å². The van der Waals surface area contributed by atoms with Crippen LogP contribution in [0.2, 0.25) is 0 Å². The van der Waals surface area contributed by atoms with Crippen LogP contribution in [-0.2, 0) is 4.79 Å². The van der Waals surface area contributed by atoms with Gasteiger partial charge in [0.15, 0.2) is 0 Å². The van der Waals surface area contributed by atoms with Crippen LogP contribution in [0.5, 0.6) is 0 Å². The van der Waals surface area contributed by atoms with Crippen LogP contribution in [0.3, 0.4) is 0 Å². The van der Waals surface area contributed by atoms with Gasteiger partial charge in [-0.05, 0) is 12.8 Å². The van der Waals surface area contributed by atoms with Crippen LogP contribution in [0.15, 0.2) is 0 Å². The fraction of sp³-hybridized carbons (Fsp3) is 0.938. The van der Waals surface area contributed by atoms with Crippen molar-refractivity contribution in [1.29, 1.82) is 0 Å². The molecule has 0 aromatic rings. The molecular weight excluding hydrogens is 268 g/mol. The van der Waals surface area contributed by atoms with Crippen molar-refractivity contribution in [1.82, 2.24) is 0 Å². The van der Waals surface area contributed by atoms with Crippen molar-refractivity contribution in [2.45, 2.75) is 96.8 Å². The molecule has 0 aliphatic heterocycles. The van der Waals surface area contributed by atoms with Crippen LogP contribution in [-0.4, -0.2) is 5.97 Å². The number of unbranched alkanes of at least 4 members (excludes halogenated alkanes) is 12. The van der Waals surface area contributed by atoms with Crippen molar-refractivity contribution in [2.24, 2.45) is 0 Å². The molecule has 0 aliphatic rings. The maximum absolute atomic E-state index is 10.2. The van der Waals surface area contributed by atoms with Crippen molar-refractivity contribution in [3.05, 3.63) is 0 Å². The normalized spacial score (nSPS) is 10.2. The second-order valence-corrected chi connectivity index (χ2v) is 5.36. The Morgan fingerprint density at radius 2 is 1.00 bits per heavy atom. The van der Waals surface area contributed by atoms with Crippen LogP contribution in [0.4, 0.5) is 0 Å². The molecule has 0 spiro atoms. The first-order chi connectivity index (χ1) is 8.77. The van der Waals surface area contributed by atoms with E-state index in [1.807, 2.05) is 0 Å². The summed E-state index contributed by atoms with van der Waals surface area (Å²) in [5, 5.41) is 10.2. The monoisotopic (exact) mass is 299 g/mol. The Hall–Kier alpha value is 1.11. The molecule has 0 saturated carbocycles. The van der Waals surface area contributed by atoms with Gasteiger partial charge in [0.2, 0.25) is 0 Å². The Labute approximate surface area is 162 Å². The van der Waals surface area contributed by atoms with Crippen LogP contribution in [0, 0.1) is 0 Å². The molecule has 0 amide bonds. The van der Waals surface area contributed by atoms with E-state index in [9.17, 15) is 9.90 Å². The standard InChI is InChI=1S/C16H32O2.K/c1-2-3-4-5-6-7-8-9-10-11-12-13-14-15-16(17)18;/h2-15H2,1H3,(H,17,18);/q;+1/p-1/i8+1,10+1,12+1,14+1,16+1;. The van der Waals surface area contributed by atoms with Gasteiger partial charge in [-0.25, -0.2) is 0 Å². The van der Waals surface area contributed by atoms with Gasteiger partial charge in [0.25, 0.3) is 0 Å². The number of carboxylic acid groups (broad SMARTS) is 1. The zero-order valence-corrected chi connectivity index (χ0v) is 16.3. The van der Waals surface area contributed by atoms with Gasteiger partial charge in [0.05, 0.1) is 0 Å². The first-order valence-corrected chi connectivity index (χ1v) is 7.97. The minimum atomic E-state index is -0.905. The van der Waals surface area contributed by atoms with E-state index < -0.39 is 5.97 Å². The Kier molecular flexibility index (Phi) is 22.5. The van der Waals surface area contributed by atoms with E-state index in [-0.39, 0.29) is 57.8 Å². The number of carbonyl (C=O) groups is 1. The number of hydrogen-bond acceptors (Lipinski definition) is 2. The summed E-state index contributed by atoms with van der Waals surface area (Å²) < 4.78 is 0. The molecule has 19 heavy (non-hydrogen) atoms. The van der Waals surface area contributed by atoms with E-state index in [1.54, 1.807) is 0 Å². The maximum atomic E-state index is 10.2. The molecule has 108 valence electrons. The van der Waals surface area contributed by atoms with Crippen LogP contribution in [0.1, 0.15) is 96.8 Å². The molecule has 0 rings (SSSR count). The first-order valence-electron chi connectivity index (χ1n) is 7.97. The number of carbonyl (C=O) groups excluding carboxylic acids is 1. The molecule has 0 fully saturated rings. The van der Waals surface area contributed by atoms with Gasteiger partial charge in [-0.3, -0.25) is 0 Å². The Morgan fingerprint density at radius 1 is 0.684 bits per heavy atom. The fourth-order valence-electron chi connectivity index (χ4n) is 2.29. The van der Waals surface area contributed by atoms with E-state index in [2.05, 4.69) is 6.92 Å². The van der Waals surface area contributed by atoms with E-state index in [0.717, 1.165) is 12.8 Å². The molecule has 0 aliphatic carbocycles. The summed E-state index contributed by atoms with van der Waals surface area (Å²) >= 11 is 0. The zero-order chi connectivity index (χ0) is 13.5. The van der Waals surface area contributed by atoms with Crippen molar-refractivity contribution in [3.63, 3.8) is 0 Å². The van der Waals surface area contributed by atoms with Gasteiger partial charge >= 0.3 is 51.4 Å². The van der Waals surface area contributed by atoms with Crippen molar-refractivity contribution >= 4 is 5.97 Å². The predicted octanol–water partition coefficient (Wildman–Crippen LogP) is 1.22. The van der Waals surface area contributed by atoms with Crippen LogP contribution in [0.25, 0.3) is 0 Å². The third-order valence-electron chi connectivity index (χ3n) is 3.48. The van der Waals surface area contributed by atoms with Crippen molar-refractivity contribution < 1.29 is 61.3 Å². The van der Waals surface area contributed by atoms with E-state index in [0.29, 0.717) is 0 Å². The molecule has 0 aromatic heterocycles. The molecule has 2 nitrogen and oxygen atoms in total. The molecule has 0 heterocycles.